The van der Waals surface area contributed by atoms with Crippen molar-refractivity contribution in [3.63, 3.8) is 0 Å². The van der Waals surface area contributed by atoms with Crippen LogP contribution < -0.4 is 5.32 Å². The van der Waals surface area contributed by atoms with Crippen LogP contribution in [-0.4, -0.2) is 18.9 Å². The van der Waals surface area contributed by atoms with Gasteiger partial charge in [-0.3, -0.25) is 0 Å². The van der Waals surface area contributed by atoms with Gasteiger partial charge in [0.05, 0.1) is 6.54 Å². The minimum absolute atomic E-state index is 0.122. The molecule has 112 valence electrons. The van der Waals surface area contributed by atoms with Crippen LogP contribution in [0, 0.1) is 0 Å². The number of nitrogens with one attached hydrogen (secondary N) is 1. The maximum atomic E-state index is 12.7. The Bertz CT molecular complexity index is 552. The van der Waals surface area contributed by atoms with Gasteiger partial charge in [0.15, 0.2) is 0 Å². The van der Waals surface area contributed by atoms with Crippen LogP contribution in [0.25, 0.3) is 11.1 Å². The molecule has 0 unspecified atom stereocenters. The molecule has 0 fully saturated rings. The molecule has 0 spiro atoms. The SMILES string of the molecule is FC(F)C(F)(F)CNCc1ccc(-c2ccccc2)cc1. The van der Waals surface area contributed by atoms with Crippen molar-refractivity contribution < 1.29 is 17.6 Å². The van der Waals surface area contributed by atoms with Crippen LogP contribution in [0.15, 0.2) is 54.6 Å². The Morgan fingerprint density at radius 3 is 2.00 bits per heavy atom. The number of hydrogen-bond acceptors (Lipinski definition) is 1. The molecule has 0 aliphatic heterocycles. The van der Waals surface area contributed by atoms with E-state index >= 15 is 0 Å². The highest BCUT2D eigenvalue weighted by Gasteiger charge is 2.39. The van der Waals surface area contributed by atoms with Gasteiger partial charge in [0.2, 0.25) is 0 Å². The topological polar surface area (TPSA) is 12.0 Å². The largest absolute Gasteiger partial charge is 0.319 e. The van der Waals surface area contributed by atoms with Crippen LogP contribution in [0.1, 0.15) is 5.56 Å². The smallest absolute Gasteiger partial charge is 0.307 e. The van der Waals surface area contributed by atoms with Gasteiger partial charge in [-0.1, -0.05) is 54.6 Å². The van der Waals surface area contributed by atoms with Crippen LogP contribution in [0.2, 0.25) is 0 Å². The van der Waals surface area contributed by atoms with E-state index in [0.717, 1.165) is 16.7 Å². The maximum absolute atomic E-state index is 12.7. The second kappa shape index (κ2) is 6.72. The molecule has 21 heavy (non-hydrogen) atoms. The lowest BCUT2D eigenvalue weighted by Gasteiger charge is -2.15. The predicted octanol–water partition coefficient (Wildman–Crippen LogP) is 4.34. The van der Waals surface area contributed by atoms with E-state index in [9.17, 15) is 17.6 Å². The molecule has 0 saturated carbocycles. The van der Waals surface area contributed by atoms with Gasteiger partial charge in [-0.25, -0.2) is 8.78 Å². The van der Waals surface area contributed by atoms with Crippen molar-refractivity contribution in [2.75, 3.05) is 6.54 Å². The standard InChI is InChI=1S/C16H15F4N/c17-15(18)16(19,20)11-21-10-12-6-8-14(9-7-12)13-4-2-1-3-5-13/h1-9,15,21H,10-11H2. The van der Waals surface area contributed by atoms with Crippen LogP contribution in [0.5, 0.6) is 0 Å². The quantitative estimate of drug-likeness (QED) is 0.782. The summed E-state index contributed by atoms with van der Waals surface area (Å²) in [7, 11) is 0. The Balaban J connectivity index is 1.92. The first kappa shape index (κ1) is 15.5. The van der Waals surface area contributed by atoms with E-state index in [-0.39, 0.29) is 6.54 Å². The monoisotopic (exact) mass is 297 g/mol. The van der Waals surface area contributed by atoms with Crippen LogP contribution in [-0.2, 0) is 6.54 Å². The third kappa shape index (κ3) is 4.29. The van der Waals surface area contributed by atoms with E-state index in [1.165, 1.54) is 0 Å². The maximum Gasteiger partial charge on any atom is 0.319 e. The Morgan fingerprint density at radius 2 is 1.43 bits per heavy atom. The summed E-state index contributed by atoms with van der Waals surface area (Å²) < 4.78 is 49.4. The molecule has 1 nitrogen and oxygen atoms in total. The van der Waals surface area contributed by atoms with Gasteiger partial charge in [0, 0.05) is 6.54 Å². The molecular weight excluding hydrogens is 282 g/mol. The summed E-state index contributed by atoms with van der Waals surface area (Å²) in [4.78, 5) is 0. The molecular formula is C16H15F4N. The summed E-state index contributed by atoms with van der Waals surface area (Å²) >= 11 is 0. The number of alkyl halides is 4. The first-order valence-electron chi connectivity index (χ1n) is 6.50. The highest BCUT2D eigenvalue weighted by Crippen LogP contribution is 2.22. The van der Waals surface area contributed by atoms with E-state index in [0.29, 0.717) is 0 Å². The van der Waals surface area contributed by atoms with Gasteiger partial charge in [0.25, 0.3) is 0 Å². The van der Waals surface area contributed by atoms with Gasteiger partial charge in [-0.05, 0) is 16.7 Å². The third-order valence-corrected chi connectivity index (χ3v) is 3.07. The molecule has 2 rings (SSSR count). The van der Waals surface area contributed by atoms with Gasteiger partial charge < -0.3 is 5.32 Å². The van der Waals surface area contributed by atoms with E-state index < -0.39 is 18.9 Å². The highest BCUT2D eigenvalue weighted by atomic mass is 19.3. The van der Waals surface area contributed by atoms with Gasteiger partial charge in [-0.15, -0.1) is 0 Å². The Labute approximate surface area is 120 Å². The Kier molecular flexibility index (Phi) is 4.96. The molecule has 0 radical (unpaired) electrons. The average Bonchev–Trinajstić information content (AvgIpc) is 2.48. The Morgan fingerprint density at radius 1 is 0.857 bits per heavy atom. The first-order valence-corrected chi connectivity index (χ1v) is 6.50. The number of hydrogen-bond donors (Lipinski definition) is 1. The molecule has 0 amide bonds. The normalized spacial score (nSPS) is 11.9. The fourth-order valence-corrected chi connectivity index (χ4v) is 1.90. The molecule has 1 N–H and O–H groups in total. The van der Waals surface area contributed by atoms with Gasteiger partial charge in [0.1, 0.15) is 0 Å². The average molecular weight is 297 g/mol. The zero-order valence-electron chi connectivity index (χ0n) is 11.2. The highest BCUT2D eigenvalue weighted by molar-refractivity contribution is 5.63. The zero-order chi connectivity index (χ0) is 15.3. The predicted molar refractivity (Wildman–Crippen MR) is 74.5 cm³/mol. The lowest BCUT2D eigenvalue weighted by atomic mass is 10.0. The fourth-order valence-electron chi connectivity index (χ4n) is 1.90. The third-order valence-electron chi connectivity index (χ3n) is 3.07. The summed E-state index contributed by atoms with van der Waals surface area (Å²) in [5.41, 5.74) is 2.83. The molecule has 0 heterocycles. The van der Waals surface area contributed by atoms with Crippen LogP contribution >= 0.6 is 0 Å². The molecule has 0 atom stereocenters. The van der Waals surface area contributed by atoms with Crippen LogP contribution in [0.3, 0.4) is 0 Å². The summed E-state index contributed by atoms with van der Waals surface area (Å²) in [5.74, 6) is -4.00. The lowest BCUT2D eigenvalue weighted by Crippen LogP contribution is -2.38. The molecule has 0 aliphatic carbocycles. The van der Waals surface area contributed by atoms with Crippen molar-refractivity contribution >= 4 is 0 Å². The van der Waals surface area contributed by atoms with Crippen molar-refractivity contribution in [2.45, 2.75) is 18.9 Å². The molecule has 5 heteroatoms. The lowest BCUT2D eigenvalue weighted by molar-refractivity contribution is -0.125. The number of halogens is 4. The van der Waals surface area contributed by atoms with Crippen molar-refractivity contribution in [3.8, 4) is 11.1 Å². The minimum atomic E-state index is -4.00. The van der Waals surface area contributed by atoms with Gasteiger partial charge in [-0.2, -0.15) is 8.78 Å². The molecule has 0 aliphatic rings. The van der Waals surface area contributed by atoms with E-state index in [1.54, 1.807) is 12.1 Å². The van der Waals surface area contributed by atoms with E-state index in [2.05, 4.69) is 5.32 Å². The van der Waals surface area contributed by atoms with Crippen molar-refractivity contribution in [1.82, 2.24) is 5.32 Å². The molecule has 2 aromatic rings. The van der Waals surface area contributed by atoms with Crippen LogP contribution in [0.4, 0.5) is 17.6 Å². The number of rotatable bonds is 6. The first-order chi connectivity index (χ1) is 9.99. The molecule has 0 aromatic heterocycles. The summed E-state index contributed by atoms with van der Waals surface area (Å²) in [5, 5.41) is 2.35. The molecule has 0 saturated heterocycles. The van der Waals surface area contributed by atoms with Crippen molar-refractivity contribution in [1.29, 1.82) is 0 Å². The molecule has 2 aromatic carbocycles. The second-order valence-corrected chi connectivity index (χ2v) is 4.73. The fraction of sp³-hybridized carbons (Fsp3) is 0.250. The van der Waals surface area contributed by atoms with E-state index in [1.807, 2.05) is 42.5 Å². The summed E-state index contributed by atoms with van der Waals surface area (Å²) in [6.07, 6.45) is -3.65. The van der Waals surface area contributed by atoms with Gasteiger partial charge >= 0.3 is 12.3 Å². The number of benzene rings is 2. The zero-order valence-corrected chi connectivity index (χ0v) is 11.2. The molecule has 0 bridgehead atoms. The van der Waals surface area contributed by atoms with Crippen molar-refractivity contribution in [3.05, 3.63) is 60.2 Å². The summed E-state index contributed by atoms with van der Waals surface area (Å²) in [6.45, 7) is -0.914. The summed E-state index contributed by atoms with van der Waals surface area (Å²) in [6, 6.07) is 17.0. The van der Waals surface area contributed by atoms with E-state index in [4.69, 9.17) is 0 Å². The van der Waals surface area contributed by atoms with Crippen molar-refractivity contribution in [2.24, 2.45) is 0 Å². The second-order valence-electron chi connectivity index (χ2n) is 4.73. The Hall–Kier alpha value is -1.88. The minimum Gasteiger partial charge on any atom is -0.307 e.